The van der Waals surface area contributed by atoms with Crippen molar-refractivity contribution in [2.24, 2.45) is 0 Å². The Labute approximate surface area is 109 Å². The molecule has 0 spiro atoms. The van der Waals surface area contributed by atoms with Crippen LogP contribution in [0, 0.1) is 13.8 Å². The highest BCUT2D eigenvalue weighted by Crippen LogP contribution is 2.22. The quantitative estimate of drug-likeness (QED) is 0.812. The molecule has 1 fully saturated rings. The van der Waals surface area contributed by atoms with Crippen molar-refractivity contribution in [1.82, 2.24) is 5.32 Å². The van der Waals surface area contributed by atoms with Crippen LogP contribution in [0.25, 0.3) is 0 Å². The van der Waals surface area contributed by atoms with Gasteiger partial charge in [-0.1, -0.05) is 12.1 Å². The van der Waals surface area contributed by atoms with Gasteiger partial charge in [-0.15, -0.1) is 0 Å². The predicted octanol–water partition coefficient (Wildman–Crippen LogP) is 2.19. The Balaban J connectivity index is 1.86. The molecule has 1 aliphatic rings. The lowest BCUT2D eigenvalue weighted by atomic mass is 10.1. The van der Waals surface area contributed by atoms with Crippen LogP contribution in [0.2, 0.25) is 0 Å². The van der Waals surface area contributed by atoms with E-state index in [1.807, 2.05) is 26.0 Å². The van der Waals surface area contributed by atoms with Crippen molar-refractivity contribution in [2.45, 2.75) is 45.3 Å². The summed E-state index contributed by atoms with van der Waals surface area (Å²) >= 11 is 0. The van der Waals surface area contributed by atoms with Gasteiger partial charge in [0.25, 0.3) is 0 Å². The van der Waals surface area contributed by atoms with Gasteiger partial charge in [-0.3, -0.25) is 0 Å². The van der Waals surface area contributed by atoms with Crippen LogP contribution in [0.15, 0.2) is 18.2 Å². The van der Waals surface area contributed by atoms with Gasteiger partial charge in [-0.05, 0) is 50.8 Å². The van der Waals surface area contributed by atoms with Gasteiger partial charge in [-0.2, -0.15) is 0 Å². The highest BCUT2D eigenvalue weighted by Gasteiger charge is 2.27. The molecule has 0 radical (unpaired) electrons. The van der Waals surface area contributed by atoms with Crippen molar-refractivity contribution < 1.29 is 9.84 Å². The lowest BCUT2D eigenvalue weighted by molar-refractivity contribution is 0.0118. The zero-order chi connectivity index (χ0) is 13.2. The lowest BCUT2D eigenvalue weighted by Crippen LogP contribution is -2.43. The zero-order valence-corrected chi connectivity index (χ0v) is 11.5. The van der Waals surface area contributed by atoms with Gasteiger partial charge in [0.15, 0.2) is 0 Å². The van der Waals surface area contributed by atoms with Crippen molar-refractivity contribution >= 4 is 0 Å². The van der Waals surface area contributed by atoms with Crippen LogP contribution in [0.5, 0.6) is 5.75 Å². The van der Waals surface area contributed by atoms with Crippen LogP contribution in [-0.2, 0) is 0 Å². The van der Waals surface area contributed by atoms with Gasteiger partial charge < -0.3 is 15.2 Å². The van der Waals surface area contributed by atoms with Crippen LogP contribution in [0.4, 0.5) is 0 Å². The van der Waals surface area contributed by atoms with Crippen LogP contribution < -0.4 is 10.1 Å². The maximum Gasteiger partial charge on any atom is 0.122 e. The van der Waals surface area contributed by atoms with E-state index in [1.54, 1.807) is 0 Å². The van der Waals surface area contributed by atoms with Gasteiger partial charge in [-0.25, -0.2) is 0 Å². The number of benzene rings is 1. The maximum atomic E-state index is 10.2. The molecule has 0 saturated heterocycles. The number of aliphatic hydroxyl groups is 1. The zero-order valence-electron chi connectivity index (χ0n) is 11.5. The normalized spacial score (nSPS) is 18.4. The Hall–Kier alpha value is -1.06. The minimum absolute atomic E-state index is 0.316. The third kappa shape index (κ3) is 3.72. The second-order valence-corrected chi connectivity index (χ2v) is 5.64. The van der Waals surface area contributed by atoms with Crippen molar-refractivity contribution in [3.05, 3.63) is 29.3 Å². The summed E-state index contributed by atoms with van der Waals surface area (Å²) in [6, 6.07) is 6.61. The predicted molar refractivity (Wildman–Crippen MR) is 73.1 cm³/mol. The topological polar surface area (TPSA) is 41.5 Å². The third-order valence-corrected chi connectivity index (χ3v) is 3.44. The first-order valence-corrected chi connectivity index (χ1v) is 6.63. The van der Waals surface area contributed by atoms with E-state index in [1.165, 1.54) is 18.4 Å². The summed E-state index contributed by atoms with van der Waals surface area (Å²) in [5.41, 5.74) is 1.53. The number of hydrogen-bond acceptors (Lipinski definition) is 3. The van der Waals surface area contributed by atoms with E-state index in [2.05, 4.69) is 18.3 Å². The molecule has 2 rings (SSSR count). The molecular formula is C15H23NO2. The minimum atomic E-state index is -0.821. The first-order valence-electron chi connectivity index (χ1n) is 6.63. The molecule has 0 amide bonds. The Morgan fingerprint density at radius 2 is 2.11 bits per heavy atom. The van der Waals surface area contributed by atoms with Gasteiger partial charge in [0.2, 0.25) is 0 Å². The Morgan fingerprint density at radius 1 is 1.39 bits per heavy atom. The van der Waals surface area contributed by atoms with Crippen LogP contribution >= 0.6 is 0 Å². The van der Waals surface area contributed by atoms with Crippen molar-refractivity contribution in [2.75, 3.05) is 13.2 Å². The molecule has 1 aliphatic carbocycles. The average molecular weight is 249 g/mol. The molecule has 1 unspecified atom stereocenters. The smallest absolute Gasteiger partial charge is 0.122 e. The molecular weight excluding hydrogens is 226 g/mol. The fourth-order valence-electron chi connectivity index (χ4n) is 1.82. The van der Waals surface area contributed by atoms with E-state index >= 15 is 0 Å². The summed E-state index contributed by atoms with van der Waals surface area (Å²) in [6.07, 6.45) is 2.46. The van der Waals surface area contributed by atoms with Gasteiger partial charge in [0.1, 0.15) is 18.0 Å². The fourth-order valence-corrected chi connectivity index (χ4v) is 1.82. The summed E-state index contributed by atoms with van der Waals surface area (Å²) in [5.74, 6) is 0.863. The monoisotopic (exact) mass is 249 g/mol. The fraction of sp³-hybridized carbons (Fsp3) is 0.600. The number of rotatable bonds is 6. The molecule has 1 atom stereocenters. The summed E-state index contributed by atoms with van der Waals surface area (Å²) in [6.45, 7) is 6.82. The first-order chi connectivity index (χ1) is 8.48. The van der Waals surface area contributed by atoms with Crippen molar-refractivity contribution in [3.63, 3.8) is 0 Å². The van der Waals surface area contributed by atoms with Gasteiger partial charge in [0, 0.05) is 12.6 Å². The molecule has 100 valence electrons. The molecule has 1 aromatic carbocycles. The Kier molecular flexibility index (Phi) is 3.93. The van der Waals surface area contributed by atoms with Crippen LogP contribution in [-0.4, -0.2) is 29.9 Å². The molecule has 0 bridgehead atoms. The summed E-state index contributed by atoms with van der Waals surface area (Å²) < 4.78 is 5.75. The maximum absolute atomic E-state index is 10.2. The van der Waals surface area contributed by atoms with E-state index in [0.29, 0.717) is 19.2 Å². The van der Waals surface area contributed by atoms with Crippen LogP contribution in [0.3, 0.4) is 0 Å². The van der Waals surface area contributed by atoms with Gasteiger partial charge >= 0.3 is 0 Å². The van der Waals surface area contributed by atoms with Gasteiger partial charge in [0.05, 0.1) is 0 Å². The van der Waals surface area contributed by atoms with E-state index in [4.69, 9.17) is 4.74 Å². The number of ether oxygens (including phenoxy) is 1. The minimum Gasteiger partial charge on any atom is -0.490 e. The molecule has 3 heteroatoms. The summed E-state index contributed by atoms with van der Waals surface area (Å²) in [5, 5.41) is 13.6. The van der Waals surface area contributed by atoms with Crippen LogP contribution in [0.1, 0.15) is 30.9 Å². The van der Waals surface area contributed by atoms with E-state index in [-0.39, 0.29) is 0 Å². The average Bonchev–Trinajstić information content (AvgIpc) is 3.13. The number of nitrogens with one attached hydrogen (secondary N) is 1. The molecule has 1 saturated carbocycles. The molecule has 0 heterocycles. The molecule has 18 heavy (non-hydrogen) atoms. The van der Waals surface area contributed by atoms with Crippen molar-refractivity contribution in [1.29, 1.82) is 0 Å². The molecule has 1 aromatic rings. The van der Waals surface area contributed by atoms with E-state index in [0.717, 1.165) is 11.3 Å². The highest BCUT2D eigenvalue weighted by molar-refractivity contribution is 5.38. The second-order valence-electron chi connectivity index (χ2n) is 5.64. The largest absolute Gasteiger partial charge is 0.490 e. The molecule has 0 aromatic heterocycles. The molecule has 2 N–H and O–H groups in total. The SMILES string of the molecule is Cc1cccc(OCC(C)(O)CNC2CC2)c1C. The third-order valence-electron chi connectivity index (χ3n) is 3.44. The van der Waals surface area contributed by atoms with Crippen molar-refractivity contribution in [3.8, 4) is 5.75 Å². The Bertz CT molecular complexity index is 411. The summed E-state index contributed by atoms with van der Waals surface area (Å²) in [7, 11) is 0. The van der Waals surface area contributed by atoms with E-state index < -0.39 is 5.60 Å². The number of aryl methyl sites for hydroxylation is 1. The molecule has 0 aliphatic heterocycles. The lowest BCUT2D eigenvalue weighted by Gasteiger charge is -2.24. The highest BCUT2D eigenvalue weighted by atomic mass is 16.5. The Morgan fingerprint density at radius 3 is 2.78 bits per heavy atom. The molecule has 3 nitrogen and oxygen atoms in total. The second kappa shape index (κ2) is 5.29. The number of hydrogen-bond donors (Lipinski definition) is 2. The first kappa shape index (κ1) is 13.4. The summed E-state index contributed by atoms with van der Waals surface area (Å²) in [4.78, 5) is 0. The standard InChI is InChI=1S/C15H23NO2/c1-11-5-4-6-14(12(11)2)18-10-15(3,17)9-16-13-7-8-13/h4-6,13,16-17H,7-10H2,1-3H3. The van der Waals surface area contributed by atoms with E-state index in [9.17, 15) is 5.11 Å².